The lowest BCUT2D eigenvalue weighted by atomic mass is 9.77. The van der Waals surface area contributed by atoms with Crippen molar-refractivity contribution in [1.29, 1.82) is 0 Å². The van der Waals surface area contributed by atoms with Gasteiger partial charge in [0.2, 0.25) is 0 Å². The maximum Gasteiger partial charge on any atom is -0.00724 e. The molecule has 0 saturated heterocycles. The molecule has 116 valence electrons. The molecule has 0 heterocycles. The summed E-state index contributed by atoms with van der Waals surface area (Å²) in [6, 6.07) is 22.5. The molecule has 0 bridgehead atoms. The minimum atomic E-state index is -0.272. The number of hydrogen-bond donors (Lipinski definition) is 0. The van der Waals surface area contributed by atoms with Gasteiger partial charge in [0.15, 0.2) is 0 Å². The van der Waals surface area contributed by atoms with Crippen molar-refractivity contribution in [2.75, 3.05) is 0 Å². The van der Waals surface area contributed by atoms with Crippen molar-refractivity contribution >= 4 is 18.5 Å². The summed E-state index contributed by atoms with van der Waals surface area (Å²) in [5, 5.41) is 3.09. The van der Waals surface area contributed by atoms with E-state index in [-0.39, 0.29) is 7.92 Å². The summed E-state index contributed by atoms with van der Waals surface area (Å²) in [6.07, 6.45) is 4.15. The van der Waals surface area contributed by atoms with Crippen molar-refractivity contribution < 1.29 is 0 Å². The van der Waals surface area contributed by atoms with Gasteiger partial charge in [0, 0.05) is 0 Å². The van der Waals surface area contributed by atoms with Gasteiger partial charge in [0.25, 0.3) is 0 Å². The zero-order chi connectivity index (χ0) is 15.6. The van der Waals surface area contributed by atoms with Crippen LogP contribution in [0.3, 0.4) is 0 Å². The van der Waals surface area contributed by atoms with E-state index in [1.807, 2.05) is 0 Å². The van der Waals surface area contributed by atoms with Crippen molar-refractivity contribution in [2.24, 2.45) is 11.3 Å². The van der Waals surface area contributed by atoms with Gasteiger partial charge in [-0.3, -0.25) is 0 Å². The van der Waals surface area contributed by atoms with E-state index < -0.39 is 0 Å². The Bertz CT molecular complexity index is 550. The van der Waals surface area contributed by atoms with Gasteiger partial charge >= 0.3 is 0 Å². The molecular weight excluding hydrogens is 283 g/mol. The van der Waals surface area contributed by atoms with Crippen LogP contribution >= 0.6 is 7.92 Å². The van der Waals surface area contributed by atoms with Gasteiger partial charge in [-0.2, -0.15) is 0 Å². The van der Waals surface area contributed by atoms with Gasteiger partial charge in [-0.15, -0.1) is 0 Å². The van der Waals surface area contributed by atoms with E-state index in [0.29, 0.717) is 5.41 Å². The van der Waals surface area contributed by atoms with Crippen molar-refractivity contribution in [1.82, 2.24) is 0 Å². The summed E-state index contributed by atoms with van der Waals surface area (Å²) >= 11 is 0. The predicted molar refractivity (Wildman–Crippen MR) is 99.7 cm³/mol. The Morgan fingerprint density at radius 3 is 1.86 bits per heavy atom. The molecule has 1 aliphatic carbocycles. The smallest absolute Gasteiger partial charge is 0.00724 e. The Balaban J connectivity index is 2.07. The van der Waals surface area contributed by atoms with Gasteiger partial charge in [-0.25, -0.2) is 0 Å². The minimum absolute atomic E-state index is 0.272. The van der Waals surface area contributed by atoms with E-state index in [1.165, 1.54) is 19.3 Å². The van der Waals surface area contributed by atoms with Crippen LogP contribution < -0.4 is 10.6 Å². The van der Waals surface area contributed by atoms with Gasteiger partial charge in [0.1, 0.15) is 0 Å². The molecule has 0 aromatic heterocycles. The number of rotatable bonds is 4. The quantitative estimate of drug-likeness (QED) is 0.669. The molecular formula is C21H27P. The van der Waals surface area contributed by atoms with E-state index in [0.717, 1.165) is 11.6 Å². The summed E-state index contributed by atoms with van der Waals surface area (Å²) in [5.41, 5.74) is 1.27. The van der Waals surface area contributed by atoms with Crippen LogP contribution in [0, 0.1) is 11.3 Å². The summed E-state index contributed by atoms with van der Waals surface area (Å²) in [5.74, 6) is 0.748. The first-order valence-corrected chi connectivity index (χ1v) is 9.93. The average Bonchev–Trinajstić information content (AvgIpc) is 2.93. The van der Waals surface area contributed by atoms with Crippen LogP contribution in [0.5, 0.6) is 0 Å². The molecule has 0 radical (unpaired) electrons. The molecule has 0 spiro atoms. The van der Waals surface area contributed by atoms with Crippen LogP contribution in [0.15, 0.2) is 60.7 Å². The second-order valence-corrected chi connectivity index (χ2v) is 9.51. The summed E-state index contributed by atoms with van der Waals surface area (Å²) < 4.78 is 0. The zero-order valence-corrected chi connectivity index (χ0v) is 14.9. The standard InChI is InChI=1S/C21H27P/c1-17(2)21(3)16-10-15-20(21)22(18-11-6-4-7-12-18)19-13-8-5-9-14-19/h4-9,11-14,17,20H,10,15-16H2,1-3H3. The predicted octanol–water partition coefficient (Wildman–Crippen LogP) is 5.33. The molecule has 22 heavy (non-hydrogen) atoms. The van der Waals surface area contributed by atoms with Crippen molar-refractivity contribution in [2.45, 2.75) is 45.7 Å². The Morgan fingerprint density at radius 1 is 0.909 bits per heavy atom. The first-order chi connectivity index (χ1) is 10.6. The minimum Gasteiger partial charge on any atom is -0.0622 e. The van der Waals surface area contributed by atoms with Crippen molar-refractivity contribution in [3.8, 4) is 0 Å². The highest BCUT2D eigenvalue weighted by molar-refractivity contribution is 7.73. The highest BCUT2D eigenvalue weighted by atomic mass is 31.1. The molecule has 2 aromatic carbocycles. The Morgan fingerprint density at radius 2 is 1.41 bits per heavy atom. The van der Waals surface area contributed by atoms with Crippen LogP contribution in [0.1, 0.15) is 40.0 Å². The molecule has 0 nitrogen and oxygen atoms in total. The normalized spacial score (nSPS) is 25.0. The largest absolute Gasteiger partial charge is 0.0622 e. The topological polar surface area (TPSA) is 0 Å². The fraction of sp³-hybridized carbons (Fsp3) is 0.429. The Hall–Kier alpha value is -1.13. The van der Waals surface area contributed by atoms with Crippen LogP contribution in [0.4, 0.5) is 0 Å². The molecule has 0 amide bonds. The molecule has 2 unspecified atom stereocenters. The Labute approximate surface area is 136 Å². The molecule has 1 heteroatoms. The first kappa shape index (κ1) is 15.8. The molecule has 1 saturated carbocycles. The first-order valence-electron chi connectivity index (χ1n) is 8.52. The van der Waals surface area contributed by atoms with Crippen LogP contribution in [-0.4, -0.2) is 5.66 Å². The van der Waals surface area contributed by atoms with Crippen LogP contribution in [0.2, 0.25) is 0 Å². The van der Waals surface area contributed by atoms with E-state index in [4.69, 9.17) is 0 Å². The van der Waals surface area contributed by atoms with Gasteiger partial charge < -0.3 is 0 Å². The molecule has 1 fully saturated rings. The monoisotopic (exact) mass is 310 g/mol. The SMILES string of the molecule is CC(C)C1(C)CCCC1P(c1ccccc1)c1ccccc1. The fourth-order valence-corrected chi connectivity index (χ4v) is 7.42. The van der Waals surface area contributed by atoms with Gasteiger partial charge in [0.05, 0.1) is 0 Å². The maximum atomic E-state index is 2.54. The third-order valence-electron chi connectivity index (χ3n) is 5.65. The summed E-state index contributed by atoms with van der Waals surface area (Å²) in [6.45, 7) is 7.38. The second kappa shape index (κ2) is 6.55. The van der Waals surface area contributed by atoms with E-state index >= 15 is 0 Å². The second-order valence-electron chi connectivity index (χ2n) is 7.11. The number of hydrogen-bond acceptors (Lipinski definition) is 0. The zero-order valence-electron chi connectivity index (χ0n) is 14.0. The highest BCUT2D eigenvalue weighted by Gasteiger charge is 2.45. The molecule has 2 atom stereocenters. The van der Waals surface area contributed by atoms with E-state index in [9.17, 15) is 0 Å². The van der Waals surface area contributed by atoms with Crippen molar-refractivity contribution in [3.05, 3.63) is 60.7 Å². The lowest BCUT2D eigenvalue weighted by Crippen LogP contribution is -2.35. The highest BCUT2D eigenvalue weighted by Crippen LogP contribution is 2.58. The Kier molecular flexibility index (Phi) is 4.69. The summed E-state index contributed by atoms with van der Waals surface area (Å²) in [4.78, 5) is 0. The molecule has 2 aromatic rings. The van der Waals surface area contributed by atoms with Gasteiger partial charge in [-0.1, -0.05) is 87.9 Å². The molecule has 0 N–H and O–H groups in total. The average molecular weight is 310 g/mol. The van der Waals surface area contributed by atoms with Gasteiger partial charge in [-0.05, 0) is 48.4 Å². The molecule has 1 aliphatic rings. The number of benzene rings is 2. The fourth-order valence-electron chi connectivity index (χ4n) is 3.96. The third-order valence-corrected chi connectivity index (χ3v) is 8.83. The summed E-state index contributed by atoms with van der Waals surface area (Å²) in [7, 11) is -0.272. The van der Waals surface area contributed by atoms with E-state index in [2.05, 4.69) is 81.4 Å². The molecule has 3 rings (SSSR count). The lowest BCUT2D eigenvalue weighted by molar-refractivity contribution is 0.234. The van der Waals surface area contributed by atoms with Crippen molar-refractivity contribution in [3.63, 3.8) is 0 Å². The van der Waals surface area contributed by atoms with Crippen LogP contribution in [-0.2, 0) is 0 Å². The lowest BCUT2D eigenvalue weighted by Gasteiger charge is -2.41. The molecule has 0 aliphatic heterocycles. The van der Waals surface area contributed by atoms with Crippen LogP contribution in [0.25, 0.3) is 0 Å². The van der Waals surface area contributed by atoms with E-state index in [1.54, 1.807) is 10.6 Å². The maximum absolute atomic E-state index is 2.54. The third kappa shape index (κ3) is 2.86.